The summed E-state index contributed by atoms with van der Waals surface area (Å²) in [5.74, 6) is -3.33. The highest BCUT2D eigenvalue weighted by Gasteiger charge is 2.15. The van der Waals surface area contributed by atoms with Crippen LogP contribution >= 0.6 is 0 Å². The van der Waals surface area contributed by atoms with Gasteiger partial charge in [-0.1, -0.05) is 24.3 Å². The van der Waals surface area contributed by atoms with Crippen molar-refractivity contribution in [2.45, 2.75) is 13.5 Å². The van der Waals surface area contributed by atoms with Crippen LogP contribution in [-0.4, -0.2) is 11.1 Å². The summed E-state index contributed by atoms with van der Waals surface area (Å²) in [6, 6.07) is 9.07. The van der Waals surface area contributed by atoms with Crippen LogP contribution < -0.4 is 5.32 Å². The van der Waals surface area contributed by atoms with Crippen molar-refractivity contribution in [1.82, 2.24) is 0 Å². The van der Waals surface area contributed by atoms with Gasteiger partial charge in [0.25, 0.3) is 0 Å². The topological polar surface area (TPSA) is 49.3 Å². The van der Waals surface area contributed by atoms with Crippen molar-refractivity contribution in [1.29, 1.82) is 0 Å². The smallest absolute Gasteiger partial charge is 0.338 e. The second kappa shape index (κ2) is 5.69. The van der Waals surface area contributed by atoms with Crippen LogP contribution in [0.1, 0.15) is 21.5 Å². The van der Waals surface area contributed by atoms with Gasteiger partial charge in [0.1, 0.15) is 11.6 Å². The fourth-order valence-corrected chi connectivity index (χ4v) is 1.85. The number of nitrogens with one attached hydrogen (secondary N) is 1. The third-order valence-corrected chi connectivity index (χ3v) is 3.02. The summed E-state index contributed by atoms with van der Waals surface area (Å²) in [6.07, 6.45) is 0. The van der Waals surface area contributed by atoms with Crippen molar-refractivity contribution in [3.63, 3.8) is 0 Å². The van der Waals surface area contributed by atoms with Crippen LogP contribution in [0.3, 0.4) is 0 Å². The van der Waals surface area contributed by atoms with Gasteiger partial charge >= 0.3 is 5.97 Å². The lowest BCUT2D eigenvalue weighted by atomic mass is 10.1. The minimum atomic E-state index is -1.43. The summed E-state index contributed by atoms with van der Waals surface area (Å²) in [5.41, 5.74) is 1.39. The van der Waals surface area contributed by atoms with Gasteiger partial charge in [0.15, 0.2) is 0 Å². The molecule has 20 heavy (non-hydrogen) atoms. The summed E-state index contributed by atoms with van der Waals surface area (Å²) < 4.78 is 26.9. The lowest BCUT2D eigenvalue weighted by Gasteiger charge is -2.11. The molecule has 0 saturated carbocycles. The normalized spacial score (nSPS) is 10.3. The molecule has 0 aliphatic rings. The molecule has 2 rings (SSSR count). The Bertz CT molecular complexity index is 656. The SMILES string of the molecule is Cc1ccccc1CNc1cc(C(=O)O)c(F)cc1F. The zero-order valence-electron chi connectivity index (χ0n) is 10.8. The standard InChI is InChI=1S/C15H13F2NO2/c1-9-4-2-3-5-10(9)8-18-14-6-11(15(19)20)12(16)7-13(14)17/h2-7,18H,8H2,1H3,(H,19,20). The van der Waals surface area contributed by atoms with Gasteiger partial charge in [-0.05, 0) is 24.1 Å². The Balaban J connectivity index is 2.24. The number of carboxylic acids is 1. The van der Waals surface area contributed by atoms with Crippen LogP contribution in [0, 0.1) is 18.6 Å². The molecule has 0 aliphatic heterocycles. The Kier molecular flexibility index (Phi) is 3.98. The molecule has 0 unspecified atom stereocenters. The molecule has 5 heteroatoms. The molecule has 2 N–H and O–H groups in total. The minimum Gasteiger partial charge on any atom is -0.478 e. The number of aryl methyl sites for hydroxylation is 1. The number of carboxylic acid groups (broad SMARTS) is 1. The Morgan fingerprint density at radius 2 is 1.90 bits per heavy atom. The number of rotatable bonds is 4. The Morgan fingerprint density at radius 3 is 2.55 bits per heavy atom. The van der Waals surface area contributed by atoms with Crippen molar-refractivity contribution >= 4 is 11.7 Å². The van der Waals surface area contributed by atoms with Gasteiger partial charge in [-0.2, -0.15) is 0 Å². The van der Waals surface area contributed by atoms with Crippen LogP contribution in [0.4, 0.5) is 14.5 Å². The number of anilines is 1. The summed E-state index contributed by atoms with van der Waals surface area (Å²) in [4.78, 5) is 10.8. The zero-order chi connectivity index (χ0) is 14.7. The molecule has 0 saturated heterocycles. The number of halogens is 2. The molecular formula is C15H13F2NO2. The van der Waals surface area contributed by atoms with E-state index in [1.54, 1.807) is 0 Å². The molecule has 0 bridgehead atoms. The summed E-state index contributed by atoms with van der Waals surface area (Å²) in [5, 5.41) is 11.6. The van der Waals surface area contributed by atoms with Crippen LogP contribution in [0.5, 0.6) is 0 Å². The van der Waals surface area contributed by atoms with E-state index in [1.165, 1.54) is 0 Å². The lowest BCUT2D eigenvalue weighted by molar-refractivity contribution is 0.0692. The molecule has 0 aliphatic carbocycles. The monoisotopic (exact) mass is 277 g/mol. The first-order valence-electron chi connectivity index (χ1n) is 5.99. The van der Waals surface area contributed by atoms with E-state index in [1.807, 2.05) is 31.2 Å². The molecule has 2 aromatic carbocycles. The third-order valence-electron chi connectivity index (χ3n) is 3.02. The maximum Gasteiger partial charge on any atom is 0.338 e. The molecule has 0 spiro atoms. The Hall–Kier alpha value is -2.43. The number of hydrogen-bond acceptors (Lipinski definition) is 2. The van der Waals surface area contributed by atoms with Crippen molar-refractivity contribution < 1.29 is 18.7 Å². The fraction of sp³-hybridized carbons (Fsp3) is 0.133. The van der Waals surface area contributed by atoms with Gasteiger partial charge in [-0.3, -0.25) is 0 Å². The fourth-order valence-electron chi connectivity index (χ4n) is 1.85. The van der Waals surface area contributed by atoms with Crippen molar-refractivity contribution in [3.8, 4) is 0 Å². The molecule has 2 aromatic rings. The largest absolute Gasteiger partial charge is 0.478 e. The quantitative estimate of drug-likeness (QED) is 0.898. The van der Waals surface area contributed by atoms with E-state index in [9.17, 15) is 13.6 Å². The summed E-state index contributed by atoms with van der Waals surface area (Å²) in [7, 11) is 0. The van der Waals surface area contributed by atoms with E-state index in [0.29, 0.717) is 12.6 Å². The molecule has 104 valence electrons. The van der Waals surface area contributed by atoms with Gasteiger partial charge in [-0.15, -0.1) is 0 Å². The zero-order valence-corrected chi connectivity index (χ0v) is 10.8. The van der Waals surface area contributed by atoms with Crippen LogP contribution in [0.2, 0.25) is 0 Å². The highest BCUT2D eigenvalue weighted by Crippen LogP contribution is 2.21. The maximum absolute atomic E-state index is 13.6. The van der Waals surface area contributed by atoms with Gasteiger partial charge in [-0.25, -0.2) is 13.6 Å². The van der Waals surface area contributed by atoms with E-state index in [0.717, 1.165) is 17.2 Å². The first-order chi connectivity index (χ1) is 9.49. The molecule has 3 nitrogen and oxygen atoms in total. The van der Waals surface area contributed by atoms with Gasteiger partial charge in [0.2, 0.25) is 0 Å². The molecule has 0 heterocycles. The van der Waals surface area contributed by atoms with E-state index >= 15 is 0 Å². The number of hydrogen-bond donors (Lipinski definition) is 2. The second-order valence-electron chi connectivity index (χ2n) is 4.40. The first-order valence-corrected chi connectivity index (χ1v) is 5.99. The van der Waals surface area contributed by atoms with Crippen molar-refractivity contribution in [2.24, 2.45) is 0 Å². The van der Waals surface area contributed by atoms with Crippen molar-refractivity contribution in [2.75, 3.05) is 5.32 Å². The number of aromatic carboxylic acids is 1. The first kappa shape index (κ1) is 14.0. The second-order valence-corrected chi connectivity index (χ2v) is 4.40. The Labute approximate surface area is 114 Å². The molecule has 0 aromatic heterocycles. The maximum atomic E-state index is 13.6. The molecule has 0 amide bonds. The van der Waals surface area contributed by atoms with E-state index in [-0.39, 0.29) is 5.69 Å². The molecule has 0 radical (unpaired) electrons. The van der Waals surface area contributed by atoms with Crippen molar-refractivity contribution in [3.05, 3.63) is 64.7 Å². The van der Waals surface area contributed by atoms with Gasteiger partial charge < -0.3 is 10.4 Å². The van der Waals surface area contributed by atoms with Crippen LogP contribution in [0.15, 0.2) is 36.4 Å². The Morgan fingerprint density at radius 1 is 1.20 bits per heavy atom. The average Bonchev–Trinajstić information content (AvgIpc) is 2.39. The highest BCUT2D eigenvalue weighted by atomic mass is 19.1. The average molecular weight is 277 g/mol. The molecular weight excluding hydrogens is 264 g/mol. The molecule has 0 atom stereocenters. The van der Waals surface area contributed by atoms with E-state index in [2.05, 4.69) is 5.32 Å². The highest BCUT2D eigenvalue weighted by molar-refractivity contribution is 5.89. The summed E-state index contributed by atoms with van der Waals surface area (Å²) in [6.45, 7) is 2.25. The van der Waals surface area contributed by atoms with Crippen LogP contribution in [-0.2, 0) is 6.54 Å². The lowest BCUT2D eigenvalue weighted by Crippen LogP contribution is -2.07. The predicted octanol–water partition coefficient (Wildman–Crippen LogP) is 3.58. The summed E-state index contributed by atoms with van der Waals surface area (Å²) >= 11 is 0. The number of carbonyl (C=O) groups is 1. The van der Waals surface area contributed by atoms with Gasteiger partial charge in [0.05, 0.1) is 11.3 Å². The van der Waals surface area contributed by atoms with Gasteiger partial charge in [0, 0.05) is 12.6 Å². The van der Waals surface area contributed by atoms with E-state index in [4.69, 9.17) is 5.11 Å². The number of benzene rings is 2. The third kappa shape index (κ3) is 2.93. The minimum absolute atomic E-state index is 0.0351. The molecule has 0 fully saturated rings. The van der Waals surface area contributed by atoms with Crippen LogP contribution in [0.25, 0.3) is 0 Å². The predicted molar refractivity (Wildman–Crippen MR) is 71.8 cm³/mol. The van der Waals surface area contributed by atoms with E-state index < -0.39 is 23.2 Å².